The molecule has 0 amide bonds. The van der Waals surface area contributed by atoms with Gasteiger partial charge in [-0.05, 0) is 49.1 Å². The van der Waals surface area contributed by atoms with Crippen molar-refractivity contribution in [2.24, 2.45) is 7.05 Å². The SMILES string of the molecule is Cn1ccc(-c2cnc3c(n2)N(Cc2cc(C(F)(F)F)ccc2Cl)CCCC3)c1. The summed E-state index contributed by atoms with van der Waals surface area (Å²) in [6.07, 6.45) is 3.91. The first-order chi connectivity index (χ1) is 13.8. The van der Waals surface area contributed by atoms with E-state index < -0.39 is 11.7 Å². The van der Waals surface area contributed by atoms with E-state index in [1.165, 1.54) is 6.07 Å². The third kappa shape index (κ3) is 4.24. The van der Waals surface area contributed by atoms with Gasteiger partial charge in [-0.15, -0.1) is 0 Å². The predicted molar refractivity (Wildman–Crippen MR) is 107 cm³/mol. The third-order valence-corrected chi connectivity index (χ3v) is 5.45. The number of alkyl halides is 3. The summed E-state index contributed by atoms with van der Waals surface area (Å²) in [6, 6.07) is 5.41. The van der Waals surface area contributed by atoms with Gasteiger partial charge in [0, 0.05) is 43.1 Å². The summed E-state index contributed by atoms with van der Waals surface area (Å²) in [5.74, 6) is 0.720. The highest BCUT2D eigenvalue weighted by Gasteiger charge is 2.31. The molecule has 152 valence electrons. The third-order valence-electron chi connectivity index (χ3n) is 5.08. The van der Waals surface area contributed by atoms with Gasteiger partial charge in [0.2, 0.25) is 0 Å². The van der Waals surface area contributed by atoms with Gasteiger partial charge in [0.25, 0.3) is 0 Å². The molecular weight excluding hydrogens is 401 g/mol. The van der Waals surface area contributed by atoms with Gasteiger partial charge in [-0.25, -0.2) is 4.98 Å². The number of aromatic nitrogens is 3. The Morgan fingerprint density at radius 2 is 2.00 bits per heavy atom. The summed E-state index contributed by atoms with van der Waals surface area (Å²) < 4.78 is 41.4. The van der Waals surface area contributed by atoms with Gasteiger partial charge in [-0.1, -0.05) is 11.6 Å². The zero-order valence-electron chi connectivity index (χ0n) is 15.9. The second kappa shape index (κ2) is 7.71. The zero-order valence-corrected chi connectivity index (χ0v) is 16.6. The maximum Gasteiger partial charge on any atom is 0.416 e. The van der Waals surface area contributed by atoms with Crippen molar-refractivity contribution in [3.05, 3.63) is 64.7 Å². The monoisotopic (exact) mass is 420 g/mol. The first kappa shape index (κ1) is 19.8. The number of rotatable bonds is 3. The number of fused-ring (bicyclic) bond motifs is 1. The van der Waals surface area contributed by atoms with E-state index in [1.54, 1.807) is 6.20 Å². The molecule has 1 aromatic carbocycles. The van der Waals surface area contributed by atoms with Gasteiger partial charge in [-0.2, -0.15) is 13.2 Å². The van der Waals surface area contributed by atoms with E-state index >= 15 is 0 Å². The van der Waals surface area contributed by atoms with Crippen molar-refractivity contribution in [2.75, 3.05) is 11.4 Å². The van der Waals surface area contributed by atoms with E-state index in [0.717, 1.165) is 54.2 Å². The van der Waals surface area contributed by atoms with E-state index in [9.17, 15) is 13.2 Å². The Hall–Kier alpha value is -2.54. The van der Waals surface area contributed by atoms with Crippen LogP contribution in [0.4, 0.5) is 19.0 Å². The second-order valence-corrected chi connectivity index (χ2v) is 7.68. The average molecular weight is 421 g/mol. The number of hydrogen-bond acceptors (Lipinski definition) is 3. The smallest absolute Gasteiger partial charge is 0.357 e. The molecule has 0 radical (unpaired) electrons. The Kier molecular flexibility index (Phi) is 5.25. The summed E-state index contributed by atoms with van der Waals surface area (Å²) in [5, 5.41) is 0.316. The lowest BCUT2D eigenvalue weighted by atomic mass is 10.1. The summed E-state index contributed by atoms with van der Waals surface area (Å²) >= 11 is 6.23. The fourth-order valence-corrected chi connectivity index (χ4v) is 3.74. The highest BCUT2D eigenvalue weighted by atomic mass is 35.5. The summed E-state index contributed by atoms with van der Waals surface area (Å²) in [6.45, 7) is 0.940. The van der Waals surface area contributed by atoms with Crippen LogP contribution < -0.4 is 4.90 Å². The summed E-state index contributed by atoms with van der Waals surface area (Å²) in [7, 11) is 1.93. The van der Waals surface area contributed by atoms with Crippen LogP contribution in [0, 0.1) is 0 Å². The van der Waals surface area contributed by atoms with Crippen LogP contribution >= 0.6 is 11.6 Å². The van der Waals surface area contributed by atoms with Crippen LogP contribution in [0.25, 0.3) is 11.3 Å². The maximum absolute atomic E-state index is 13.1. The minimum atomic E-state index is -4.41. The Morgan fingerprint density at radius 3 is 2.72 bits per heavy atom. The maximum atomic E-state index is 13.1. The van der Waals surface area contributed by atoms with Crippen molar-refractivity contribution in [3.63, 3.8) is 0 Å². The van der Waals surface area contributed by atoms with Crippen molar-refractivity contribution < 1.29 is 13.2 Å². The highest BCUT2D eigenvalue weighted by Crippen LogP contribution is 2.34. The standard InChI is InChI=1S/C21H20ClF3N4/c1-28-9-7-14(12-28)19-11-26-18-4-2-3-8-29(20(18)27-19)13-15-10-16(21(23,24)25)5-6-17(15)22/h5-7,9-12H,2-4,8,13H2,1H3. The first-order valence-corrected chi connectivity index (χ1v) is 9.78. The van der Waals surface area contributed by atoms with Crippen LogP contribution in [-0.2, 0) is 26.2 Å². The number of anilines is 1. The Morgan fingerprint density at radius 1 is 1.17 bits per heavy atom. The lowest BCUT2D eigenvalue weighted by Crippen LogP contribution is -2.25. The minimum absolute atomic E-state index is 0.253. The van der Waals surface area contributed by atoms with Gasteiger partial charge in [0.15, 0.2) is 5.82 Å². The molecule has 0 aliphatic carbocycles. The number of hydrogen-bond donors (Lipinski definition) is 0. The number of aryl methyl sites for hydroxylation is 2. The van der Waals surface area contributed by atoms with E-state index in [4.69, 9.17) is 16.6 Å². The fraction of sp³-hybridized carbons (Fsp3) is 0.333. The largest absolute Gasteiger partial charge is 0.416 e. The molecule has 3 aromatic rings. The molecule has 0 atom stereocenters. The van der Waals surface area contributed by atoms with Gasteiger partial charge in [-0.3, -0.25) is 4.98 Å². The average Bonchev–Trinajstić information content (AvgIpc) is 3.01. The number of nitrogens with zero attached hydrogens (tertiary/aromatic N) is 4. The molecule has 4 rings (SSSR count). The van der Waals surface area contributed by atoms with E-state index in [1.807, 2.05) is 35.0 Å². The lowest BCUT2D eigenvalue weighted by Gasteiger charge is -2.24. The fourth-order valence-electron chi connectivity index (χ4n) is 3.56. The quantitative estimate of drug-likeness (QED) is 0.561. The van der Waals surface area contributed by atoms with E-state index in [0.29, 0.717) is 17.1 Å². The molecule has 1 aliphatic heterocycles. The van der Waals surface area contributed by atoms with Gasteiger partial charge in [0.05, 0.1) is 23.1 Å². The number of halogens is 4. The minimum Gasteiger partial charge on any atom is -0.357 e. The molecule has 3 heterocycles. The molecule has 0 bridgehead atoms. The molecule has 29 heavy (non-hydrogen) atoms. The zero-order chi connectivity index (χ0) is 20.6. The molecule has 8 heteroatoms. The van der Waals surface area contributed by atoms with Crippen molar-refractivity contribution in [2.45, 2.75) is 32.0 Å². The molecule has 0 saturated heterocycles. The van der Waals surface area contributed by atoms with Crippen molar-refractivity contribution in [3.8, 4) is 11.3 Å². The summed E-state index contributed by atoms with van der Waals surface area (Å²) in [5.41, 5.74) is 2.29. The molecular formula is C21H20ClF3N4. The molecule has 1 aliphatic rings. The second-order valence-electron chi connectivity index (χ2n) is 7.27. The van der Waals surface area contributed by atoms with Gasteiger partial charge >= 0.3 is 6.18 Å². The molecule has 2 aromatic heterocycles. The van der Waals surface area contributed by atoms with Crippen LogP contribution in [0.5, 0.6) is 0 Å². The molecule has 0 unspecified atom stereocenters. The van der Waals surface area contributed by atoms with Gasteiger partial charge < -0.3 is 9.47 Å². The van der Waals surface area contributed by atoms with Crippen molar-refractivity contribution in [1.82, 2.24) is 14.5 Å². The highest BCUT2D eigenvalue weighted by molar-refractivity contribution is 6.31. The van der Waals surface area contributed by atoms with Crippen LogP contribution in [0.3, 0.4) is 0 Å². The predicted octanol–water partition coefficient (Wildman–Crippen LogP) is 5.50. The first-order valence-electron chi connectivity index (χ1n) is 9.40. The molecule has 0 fully saturated rings. The Balaban J connectivity index is 1.71. The Labute approximate surface area is 172 Å². The van der Waals surface area contributed by atoms with Crippen molar-refractivity contribution in [1.29, 1.82) is 0 Å². The molecule has 0 saturated carbocycles. The molecule has 4 nitrogen and oxygen atoms in total. The van der Waals surface area contributed by atoms with Crippen LogP contribution in [0.1, 0.15) is 29.7 Å². The normalized spacial score (nSPS) is 14.6. The van der Waals surface area contributed by atoms with Crippen LogP contribution in [-0.4, -0.2) is 21.1 Å². The summed E-state index contributed by atoms with van der Waals surface area (Å²) in [4.78, 5) is 11.4. The molecule has 0 spiro atoms. The van der Waals surface area contributed by atoms with Gasteiger partial charge in [0.1, 0.15) is 0 Å². The van der Waals surface area contributed by atoms with Crippen LogP contribution in [0.2, 0.25) is 5.02 Å². The van der Waals surface area contributed by atoms with Crippen LogP contribution in [0.15, 0.2) is 42.9 Å². The van der Waals surface area contributed by atoms with E-state index in [2.05, 4.69) is 4.98 Å². The topological polar surface area (TPSA) is 34.0 Å². The number of benzene rings is 1. The Bertz CT molecular complexity index is 1030. The molecule has 0 N–H and O–H groups in total. The van der Waals surface area contributed by atoms with E-state index in [-0.39, 0.29) is 6.54 Å². The van der Waals surface area contributed by atoms with Crippen molar-refractivity contribution >= 4 is 17.4 Å². The lowest BCUT2D eigenvalue weighted by molar-refractivity contribution is -0.137.